The zero-order valence-electron chi connectivity index (χ0n) is 11.9. The highest BCUT2D eigenvalue weighted by Crippen LogP contribution is 2.27. The molecule has 2 atom stereocenters. The van der Waals surface area contributed by atoms with E-state index in [4.69, 9.17) is 0 Å². The van der Waals surface area contributed by atoms with Crippen molar-refractivity contribution in [3.8, 4) is 0 Å². The van der Waals surface area contributed by atoms with Crippen LogP contribution in [0.3, 0.4) is 0 Å². The largest absolute Gasteiger partial charge is 0.382 e. The molecular formula is C17H27N. The lowest BCUT2D eigenvalue weighted by molar-refractivity contribution is 0.444. The molecule has 0 aliphatic heterocycles. The van der Waals surface area contributed by atoms with Gasteiger partial charge in [-0.1, -0.05) is 45.2 Å². The Morgan fingerprint density at radius 2 is 2.00 bits per heavy atom. The highest BCUT2D eigenvalue weighted by Gasteiger charge is 2.17. The number of benzene rings is 1. The van der Waals surface area contributed by atoms with Gasteiger partial charge in [0.05, 0.1) is 0 Å². The van der Waals surface area contributed by atoms with Crippen LogP contribution in [0.4, 0.5) is 5.69 Å². The average molecular weight is 245 g/mol. The summed E-state index contributed by atoms with van der Waals surface area (Å²) in [5.74, 6) is 0.971. The number of rotatable bonds is 4. The molecule has 0 heterocycles. The first kappa shape index (κ1) is 13.5. The second-order valence-corrected chi connectivity index (χ2v) is 5.68. The zero-order valence-corrected chi connectivity index (χ0v) is 11.9. The summed E-state index contributed by atoms with van der Waals surface area (Å²) in [6.45, 7) is 4.56. The number of anilines is 1. The molecule has 18 heavy (non-hydrogen) atoms. The minimum absolute atomic E-state index is 0.689. The van der Waals surface area contributed by atoms with Crippen molar-refractivity contribution in [1.82, 2.24) is 0 Å². The molecule has 2 unspecified atom stereocenters. The van der Waals surface area contributed by atoms with E-state index in [9.17, 15) is 0 Å². The Bertz CT molecular complexity index is 358. The summed E-state index contributed by atoms with van der Waals surface area (Å²) in [5, 5.41) is 3.74. The molecule has 0 aromatic heterocycles. The van der Waals surface area contributed by atoms with E-state index in [2.05, 4.69) is 43.4 Å². The topological polar surface area (TPSA) is 12.0 Å². The maximum atomic E-state index is 3.74. The highest BCUT2D eigenvalue weighted by molar-refractivity contribution is 5.46. The molecule has 100 valence electrons. The molecule has 1 aromatic carbocycles. The normalized spacial score (nSPS) is 24.6. The van der Waals surface area contributed by atoms with Crippen molar-refractivity contribution in [2.45, 2.75) is 64.8 Å². The highest BCUT2D eigenvalue weighted by atomic mass is 14.9. The van der Waals surface area contributed by atoms with Gasteiger partial charge in [0.1, 0.15) is 0 Å². The van der Waals surface area contributed by atoms with Gasteiger partial charge in [0.2, 0.25) is 0 Å². The van der Waals surface area contributed by atoms with Crippen LogP contribution in [-0.2, 0) is 6.42 Å². The molecule has 1 aliphatic carbocycles. The van der Waals surface area contributed by atoms with Gasteiger partial charge in [0.25, 0.3) is 0 Å². The Balaban J connectivity index is 1.92. The maximum Gasteiger partial charge on any atom is 0.0345 e. The van der Waals surface area contributed by atoms with E-state index >= 15 is 0 Å². The van der Waals surface area contributed by atoms with Crippen molar-refractivity contribution in [3.63, 3.8) is 0 Å². The smallest absolute Gasteiger partial charge is 0.0345 e. The van der Waals surface area contributed by atoms with Crippen LogP contribution in [-0.4, -0.2) is 6.04 Å². The SMILES string of the molecule is CCc1cccc(NC2CCCC(CC)CC2)c1. The first-order valence-corrected chi connectivity index (χ1v) is 7.67. The summed E-state index contributed by atoms with van der Waals surface area (Å²) in [7, 11) is 0. The van der Waals surface area contributed by atoms with Gasteiger partial charge in [-0.3, -0.25) is 0 Å². The molecular weight excluding hydrogens is 218 g/mol. The molecule has 1 aliphatic rings. The molecule has 0 spiro atoms. The molecule has 2 rings (SSSR count). The Morgan fingerprint density at radius 3 is 2.78 bits per heavy atom. The van der Waals surface area contributed by atoms with Crippen LogP contribution in [0.25, 0.3) is 0 Å². The van der Waals surface area contributed by atoms with Crippen LogP contribution in [0, 0.1) is 5.92 Å². The van der Waals surface area contributed by atoms with E-state index in [-0.39, 0.29) is 0 Å². The molecule has 0 radical (unpaired) electrons. The van der Waals surface area contributed by atoms with E-state index in [1.807, 2.05) is 0 Å². The molecule has 1 fully saturated rings. The minimum atomic E-state index is 0.689. The molecule has 0 bridgehead atoms. The summed E-state index contributed by atoms with van der Waals surface area (Å²) < 4.78 is 0. The average Bonchev–Trinajstić information content (AvgIpc) is 2.64. The Morgan fingerprint density at radius 1 is 1.11 bits per heavy atom. The summed E-state index contributed by atoms with van der Waals surface area (Å²) >= 11 is 0. The van der Waals surface area contributed by atoms with Crippen LogP contribution in [0.5, 0.6) is 0 Å². The first-order chi connectivity index (χ1) is 8.81. The Hall–Kier alpha value is -0.980. The quantitative estimate of drug-likeness (QED) is 0.734. The lowest BCUT2D eigenvalue weighted by Gasteiger charge is -2.18. The lowest BCUT2D eigenvalue weighted by atomic mass is 9.98. The van der Waals surface area contributed by atoms with Crippen molar-refractivity contribution in [2.24, 2.45) is 5.92 Å². The molecule has 1 nitrogen and oxygen atoms in total. The third kappa shape index (κ3) is 3.76. The van der Waals surface area contributed by atoms with Gasteiger partial charge < -0.3 is 5.32 Å². The molecule has 1 aromatic rings. The van der Waals surface area contributed by atoms with Crippen LogP contribution in [0.1, 0.15) is 57.9 Å². The van der Waals surface area contributed by atoms with E-state index in [0.717, 1.165) is 12.3 Å². The van der Waals surface area contributed by atoms with E-state index < -0.39 is 0 Å². The summed E-state index contributed by atoms with van der Waals surface area (Å²) in [6, 6.07) is 9.59. The van der Waals surface area contributed by atoms with Crippen LogP contribution >= 0.6 is 0 Å². The number of hydrogen-bond acceptors (Lipinski definition) is 1. The number of hydrogen-bond donors (Lipinski definition) is 1. The van der Waals surface area contributed by atoms with Crippen LogP contribution in [0.2, 0.25) is 0 Å². The fourth-order valence-electron chi connectivity index (χ4n) is 3.05. The van der Waals surface area contributed by atoms with Crippen molar-refractivity contribution in [2.75, 3.05) is 5.32 Å². The third-order valence-corrected chi connectivity index (χ3v) is 4.37. The van der Waals surface area contributed by atoms with E-state index in [1.165, 1.54) is 49.8 Å². The monoisotopic (exact) mass is 245 g/mol. The summed E-state index contributed by atoms with van der Waals surface area (Å²) in [5.41, 5.74) is 2.74. The number of aryl methyl sites for hydroxylation is 1. The fourth-order valence-corrected chi connectivity index (χ4v) is 3.05. The molecule has 1 saturated carbocycles. The molecule has 0 saturated heterocycles. The van der Waals surface area contributed by atoms with Gasteiger partial charge in [-0.25, -0.2) is 0 Å². The Kier molecular flexibility index (Phi) is 5.10. The van der Waals surface area contributed by atoms with Gasteiger partial charge >= 0.3 is 0 Å². The maximum absolute atomic E-state index is 3.74. The lowest BCUT2D eigenvalue weighted by Crippen LogP contribution is -2.18. The van der Waals surface area contributed by atoms with Crippen molar-refractivity contribution in [1.29, 1.82) is 0 Å². The van der Waals surface area contributed by atoms with E-state index in [1.54, 1.807) is 0 Å². The minimum Gasteiger partial charge on any atom is -0.382 e. The van der Waals surface area contributed by atoms with Crippen molar-refractivity contribution in [3.05, 3.63) is 29.8 Å². The zero-order chi connectivity index (χ0) is 12.8. The molecule has 0 amide bonds. The third-order valence-electron chi connectivity index (χ3n) is 4.37. The second kappa shape index (κ2) is 6.82. The molecule has 1 heteroatoms. The van der Waals surface area contributed by atoms with Gasteiger partial charge in [0, 0.05) is 11.7 Å². The van der Waals surface area contributed by atoms with E-state index in [0.29, 0.717) is 6.04 Å². The second-order valence-electron chi connectivity index (χ2n) is 5.68. The number of nitrogens with one attached hydrogen (secondary N) is 1. The van der Waals surface area contributed by atoms with Crippen LogP contribution in [0.15, 0.2) is 24.3 Å². The standard InChI is InChI=1S/C17H27N/c1-3-14-7-5-9-16(12-11-14)18-17-10-6-8-15(4-2)13-17/h6,8,10,13-14,16,18H,3-5,7,9,11-12H2,1-2H3. The van der Waals surface area contributed by atoms with Gasteiger partial charge in [-0.2, -0.15) is 0 Å². The molecule has 1 N–H and O–H groups in total. The first-order valence-electron chi connectivity index (χ1n) is 7.67. The predicted octanol–water partition coefficient (Wildman–Crippen LogP) is 5.02. The van der Waals surface area contributed by atoms with Gasteiger partial charge in [0.15, 0.2) is 0 Å². The van der Waals surface area contributed by atoms with Gasteiger partial charge in [-0.15, -0.1) is 0 Å². The van der Waals surface area contributed by atoms with Crippen molar-refractivity contribution < 1.29 is 0 Å². The summed E-state index contributed by atoms with van der Waals surface area (Å²) in [4.78, 5) is 0. The predicted molar refractivity (Wildman–Crippen MR) is 80.1 cm³/mol. The van der Waals surface area contributed by atoms with Gasteiger partial charge in [-0.05, 0) is 49.3 Å². The Labute approximate surface area is 112 Å². The summed E-state index contributed by atoms with van der Waals surface area (Å²) in [6.07, 6.45) is 9.40. The van der Waals surface area contributed by atoms with Crippen molar-refractivity contribution >= 4 is 5.69 Å². The fraction of sp³-hybridized carbons (Fsp3) is 0.647. The van der Waals surface area contributed by atoms with Crippen LogP contribution < -0.4 is 5.32 Å².